The molecule has 0 atom stereocenters. The minimum absolute atomic E-state index is 0.872. The summed E-state index contributed by atoms with van der Waals surface area (Å²) in [4.78, 5) is 0. The van der Waals surface area contributed by atoms with Gasteiger partial charge in [-0.25, -0.2) is 0 Å². The second-order valence-electron chi connectivity index (χ2n) is 6.48. The summed E-state index contributed by atoms with van der Waals surface area (Å²) in [5.74, 6) is 1.80. The van der Waals surface area contributed by atoms with Gasteiger partial charge in [0.2, 0.25) is 0 Å². The lowest BCUT2D eigenvalue weighted by Crippen LogP contribution is -2.07. The maximum absolute atomic E-state index is 2.40. The lowest BCUT2D eigenvalue weighted by Gasteiger charge is -2.22. The van der Waals surface area contributed by atoms with Crippen molar-refractivity contribution in [2.75, 3.05) is 0 Å². The van der Waals surface area contributed by atoms with Crippen LogP contribution in [0.25, 0.3) is 0 Å². The van der Waals surface area contributed by atoms with Crippen LogP contribution in [0.2, 0.25) is 0 Å². The van der Waals surface area contributed by atoms with Gasteiger partial charge in [0.15, 0.2) is 0 Å². The molecule has 19 heavy (non-hydrogen) atoms. The van der Waals surface area contributed by atoms with Crippen molar-refractivity contribution in [3.63, 3.8) is 0 Å². The molecular weight excluding hydrogens is 228 g/mol. The highest BCUT2D eigenvalue weighted by Crippen LogP contribution is 2.29. The SMILES string of the molecule is CCC(CC)CC/C(C)=C/C=C(\C)C1CCCCC1. The molecule has 0 aromatic carbocycles. The van der Waals surface area contributed by atoms with Gasteiger partial charge in [0.05, 0.1) is 0 Å². The molecule has 0 saturated heterocycles. The van der Waals surface area contributed by atoms with Gasteiger partial charge in [-0.3, -0.25) is 0 Å². The van der Waals surface area contributed by atoms with E-state index in [0.717, 1.165) is 11.8 Å². The van der Waals surface area contributed by atoms with Gasteiger partial charge in [-0.05, 0) is 51.4 Å². The molecule has 1 fully saturated rings. The number of hydrogen-bond acceptors (Lipinski definition) is 0. The molecule has 0 nitrogen and oxygen atoms in total. The smallest absolute Gasteiger partial charge is 0.0203 e. The van der Waals surface area contributed by atoms with Gasteiger partial charge in [0, 0.05) is 0 Å². The van der Waals surface area contributed by atoms with Crippen LogP contribution in [-0.2, 0) is 0 Å². The first-order valence-corrected chi connectivity index (χ1v) is 8.51. The number of allylic oxidation sites excluding steroid dienone is 4. The van der Waals surface area contributed by atoms with E-state index in [4.69, 9.17) is 0 Å². The number of hydrogen-bond donors (Lipinski definition) is 0. The van der Waals surface area contributed by atoms with Crippen LogP contribution in [0.15, 0.2) is 23.3 Å². The molecule has 0 heterocycles. The standard InChI is InChI=1S/C19H34/c1-5-18(6-2)15-13-16(3)12-14-17(4)19-10-8-7-9-11-19/h12,14,18-19H,5-11,13,15H2,1-4H3/b16-12+,17-14+. The summed E-state index contributed by atoms with van der Waals surface area (Å²) >= 11 is 0. The van der Waals surface area contributed by atoms with E-state index in [1.165, 1.54) is 57.8 Å². The molecule has 1 rings (SSSR count). The summed E-state index contributed by atoms with van der Waals surface area (Å²) in [6.07, 6.45) is 17.3. The van der Waals surface area contributed by atoms with E-state index in [1.807, 2.05) is 0 Å². The zero-order chi connectivity index (χ0) is 14.1. The van der Waals surface area contributed by atoms with Gasteiger partial charge in [-0.15, -0.1) is 0 Å². The molecule has 0 aromatic rings. The van der Waals surface area contributed by atoms with Crippen LogP contribution < -0.4 is 0 Å². The molecule has 1 saturated carbocycles. The van der Waals surface area contributed by atoms with E-state index in [1.54, 1.807) is 11.1 Å². The van der Waals surface area contributed by atoms with Gasteiger partial charge in [0.25, 0.3) is 0 Å². The molecule has 1 aliphatic rings. The average Bonchev–Trinajstić information content (AvgIpc) is 2.46. The zero-order valence-corrected chi connectivity index (χ0v) is 13.7. The van der Waals surface area contributed by atoms with Crippen LogP contribution >= 0.6 is 0 Å². The Bertz CT molecular complexity index is 285. The van der Waals surface area contributed by atoms with Crippen molar-refractivity contribution in [3.8, 4) is 0 Å². The first-order chi connectivity index (χ1) is 9.17. The summed E-state index contributed by atoms with van der Waals surface area (Å²) in [7, 11) is 0. The van der Waals surface area contributed by atoms with Crippen molar-refractivity contribution < 1.29 is 0 Å². The third-order valence-electron chi connectivity index (χ3n) is 4.98. The lowest BCUT2D eigenvalue weighted by molar-refractivity contribution is 0.403. The van der Waals surface area contributed by atoms with Gasteiger partial charge in [-0.2, -0.15) is 0 Å². The largest absolute Gasteiger partial charge is 0.0733 e. The summed E-state index contributed by atoms with van der Waals surface area (Å²) in [6, 6.07) is 0. The van der Waals surface area contributed by atoms with Gasteiger partial charge < -0.3 is 0 Å². The highest BCUT2D eigenvalue weighted by molar-refractivity contribution is 5.17. The fourth-order valence-corrected chi connectivity index (χ4v) is 3.18. The van der Waals surface area contributed by atoms with E-state index in [9.17, 15) is 0 Å². The molecular formula is C19H34. The lowest BCUT2D eigenvalue weighted by atomic mass is 9.84. The molecule has 0 radical (unpaired) electrons. The van der Waals surface area contributed by atoms with Crippen molar-refractivity contribution >= 4 is 0 Å². The molecule has 0 N–H and O–H groups in total. The average molecular weight is 262 g/mol. The molecule has 0 heteroatoms. The highest BCUT2D eigenvalue weighted by Gasteiger charge is 2.14. The monoisotopic (exact) mass is 262 g/mol. The maximum Gasteiger partial charge on any atom is -0.0203 e. The van der Waals surface area contributed by atoms with Crippen LogP contribution in [0.4, 0.5) is 0 Å². The first-order valence-electron chi connectivity index (χ1n) is 8.51. The number of rotatable bonds is 7. The van der Waals surface area contributed by atoms with Crippen molar-refractivity contribution in [2.45, 2.75) is 85.5 Å². The second kappa shape index (κ2) is 9.39. The van der Waals surface area contributed by atoms with Crippen LogP contribution in [0.1, 0.15) is 85.5 Å². The molecule has 0 aliphatic heterocycles. The Kier molecular flexibility index (Phi) is 8.18. The van der Waals surface area contributed by atoms with Crippen LogP contribution in [0.5, 0.6) is 0 Å². The maximum atomic E-state index is 2.40. The Morgan fingerprint density at radius 2 is 1.63 bits per heavy atom. The van der Waals surface area contributed by atoms with Crippen LogP contribution in [-0.4, -0.2) is 0 Å². The van der Waals surface area contributed by atoms with Crippen LogP contribution in [0.3, 0.4) is 0 Å². The quantitative estimate of drug-likeness (QED) is 0.449. The fraction of sp³-hybridized carbons (Fsp3) is 0.789. The van der Waals surface area contributed by atoms with Crippen molar-refractivity contribution in [3.05, 3.63) is 23.3 Å². The third kappa shape index (κ3) is 6.45. The van der Waals surface area contributed by atoms with Crippen molar-refractivity contribution in [1.29, 1.82) is 0 Å². The molecule has 0 aromatic heterocycles. The Labute approximate surface area is 121 Å². The first kappa shape index (κ1) is 16.5. The summed E-state index contributed by atoms with van der Waals surface area (Å²) in [6.45, 7) is 9.27. The van der Waals surface area contributed by atoms with E-state index in [0.29, 0.717) is 0 Å². The zero-order valence-electron chi connectivity index (χ0n) is 13.7. The van der Waals surface area contributed by atoms with E-state index in [-0.39, 0.29) is 0 Å². The summed E-state index contributed by atoms with van der Waals surface area (Å²) < 4.78 is 0. The second-order valence-corrected chi connectivity index (χ2v) is 6.48. The molecule has 0 amide bonds. The third-order valence-corrected chi connectivity index (χ3v) is 4.98. The van der Waals surface area contributed by atoms with Crippen LogP contribution in [0, 0.1) is 11.8 Å². The Morgan fingerprint density at radius 1 is 1.00 bits per heavy atom. The predicted molar refractivity (Wildman–Crippen MR) is 87.4 cm³/mol. The minimum atomic E-state index is 0.872. The Hall–Kier alpha value is -0.520. The van der Waals surface area contributed by atoms with E-state index >= 15 is 0 Å². The summed E-state index contributed by atoms with van der Waals surface area (Å²) in [5.41, 5.74) is 3.17. The summed E-state index contributed by atoms with van der Waals surface area (Å²) in [5, 5.41) is 0. The van der Waals surface area contributed by atoms with Crippen molar-refractivity contribution in [2.24, 2.45) is 11.8 Å². The predicted octanol–water partition coefficient (Wildman–Crippen LogP) is 6.68. The molecule has 0 bridgehead atoms. The van der Waals surface area contributed by atoms with Gasteiger partial charge in [-0.1, -0.05) is 69.2 Å². The van der Waals surface area contributed by atoms with E-state index < -0.39 is 0 Å². The minimum Gasteiger partial charge on any atom is -0.0733 e. The molecule has 110 valence electrons. The molecule has 0 spiro atoms. The topological polar surface area (TPSA) is 0 Å². The van der Waals surface area contributed by atoms with Gasteiger partial charge >= 0.3 is 0 Å². The Morgan fingerprint density at radius 3 is 2.21 bits per heavy atom. The van der Waals surface area contributed by atoms with Gasteiger partial charge in [0.1, 0.15) is 0 Å². The molecule has 1 aliphatic carbocycles. The fourth-order valence-electron chi connectivity index (χ4n) is 3.18. The molecule has 0 unspecified atom stereocenters. The van der Waals surface area contributed by atoms with E-state index in [2.05, 4.69) is 39.8 Å². The van der Waals surface area contributed by atoms with Crippen molar-refractivity contribution in [1.82, 2.24) is 0 Å². The Balaban J connectivity index is 2.39. The highest BCUT2D eigenvalue weighted by atomic mass is 14.2. The normalized spacial score (nSPS) is 19.2.